The van der Waals surface area contributed by atoms with Crippen molar-refractivity contribution in [1.29, 1.82) is 0 Å². The Morgan fingerprint density at radius 2 is 2.11 bits per heavy atom. The molecule has 3 heteroatoms. The second-order valence-electron chi connectivity index (χ2n) is 5.38. The van der Waals surface area contributed by atoms with Crippen LogP contribution in [0.25, 0.3) is 0 Å². The lowest BCUT2D eigenvalue weighted by Crippen LogP contribution is -2.54. The number of hydrogen-bond acceptors (Lipinski definition) is 3. The molecule has 2 atom stereocenters. The molecule has 0 bridgehead atoms. The van der Waals surface area contributed by atoms with Gasteiger partial charge in [0.15, 0.2) is 0 Å². The maximum Gasteiger partial charge on any atom is 0.118 e. The first-order valence-electron chi connectivity index (χ1n) is 6.97. The first-order valence-corrected chi connectivity index (χ1v) is 6.97. The van der Waals surface area contributed by atoms with Crippen LogP contribution >= 0.6 is 0 Å². The van der Waals surface area contributed by atoms with Crippen molar-refractivity contribution in [3.8, 4) is 5.75 Å². The fourth-order valence-electron chi connectivity index (χ4n) is 3.34. The van der Waals surface area contributed by atoms with Gasteiger partial charge in [0.25, 0.3) is 0 Å². The summed E-state index contributed by atoms with van der Waals surface area (Å²) >= 11 is 0. The van der Waals surface area contributed by atoms with E-state index in [0.29, 0.717) is 0 Å². The molecule has 0 radical (unpaired) electrons. The molecule has 2 aliphatic rings. The number of hydrogen-bond donors (Lipinski definition) is 1. The van der Waals surface area contributed by atoms with E-state index in [-0.39, 0.29) is 0 Å². The van der Waals surface area contributed by atoms with Crippen molar-refractivity contribution in [3.63, 3.8) is 0 Å². The Morgan fingerprint density at radius 1 is 1.28 bits per heavy atom. The monoisotopic (exact) mass is 246 g/mol. The molecule has 2 fully saturated rings. The first kappa shape index (κ1) is 12.0. The molecule has 1 aliphatic carbocycles. The zero-order valence-corrected chi connectivity index (χ0v) is 11.1. The summed E-state index contributed by atoms with van der Waals surface area (Å²) in [5.74, 6) is 0.942. The van der Waals surface area contributed by atoms with Gasteiger partial charge < -0.3 is 10.1 Å². The second-order valence-corrected chi connectivity index (χ2v) is 5.38. The highest BCUT2D eigenvalue weighted by atomic mass is 16.5. The van der Waals surface area contributed by atoms with E-state index in [9.17, 15) is 0 Å². The van der Waals surface area contributed by atoms with Crippen LogP contribution in [0.5, 0.6) is 5.75 Å². The Bertz CT molecular complexity index is 390. The maximum absolute atomic E-state index is 5.20. The quantitative estimate of drug-likeness (QED) is 0.883. The SMILES string of the molecule is COc1ccc(CN2CCNC3CCCC32)cc1. The molecule has 1 saturated carbocycles. The van der Waals surface area contributed by atoms with Crippen molar-refractivity contribution in [2.75, 3.05) is 20.2 Å². The zero-order valence-electron chi connectivity index (χ0n) is 11.1. The third-order valence-electron chi connectivity index (χ3n) is 4.30. The molecular formula is C15H22N2O. The number of fused-ring (bicyclic) bond motifs is 1. The van der Waals surface area contributed by atoms with E-state index < -0.39 is 0 Å². The zero-order chi connectivity index (χ0) is 12.4. The number of piperazine rings is 1. The highest BCUT2D eigenvalue weighted by Gasteiger charge is 2.34. The highest BCUT2D eigenvalue weighted by Crippen LogP contribution is 2.27. The summed E-state index contributed by atoms with van der Waals surface area (Å²) in [5.41, 5.74) is 1.39. The number of rotatable bonds is 3. The van der Waals surface area contributed by atoms with Crippen LogP contribution in [0.2, 0.25) is 0 Å². The number of nitrogens with one attached hydrogen (secondary N) is 1. The topological polar surface area (TPSA) is 24.5 Å². The van der Waals surface area contributed by atoms with Gasteiger partial charge in [-0.3, -0.25) is 4.90 Å². The van der Waals surface area contributed by atoms with Crippen molar-refractivity contribution in [2.45, 2.75) is 37.9 Å². The van der Waals surface area contributed by atoms with Gasteiger partial charge in [0.2, 0.25) is 0 Å². The minimum Gasteiger partial charge on any atom is -0.497 e. The van der Waals surface area contributed by atoms with E-state index >= 15 is 0 Å². The van der Waals surface area contributed by atoms with Gasteiger partial charge in [0, 0.05) is 31.7 Å². The van der Waals surface area contributed by atoms with Crippen molar-refractivity contribution < 1.29 is 4.74 Å². The minimum absolute atomic E-state index is 0.733. The van der Waals surface area contributed by atoms with Crippen LogP contribution in [-0.4, -0.2) is 37.2 Å². The molecule has 1 aromatic rings. The number of ether oxygens (including phenoxy) is 1. The molecule has 1 heterocycles. The normalized spacial score (nSPS) is 28.1. The van der Waals surface area contributed by atoms with Gasteiger partial charge in [-0.25, -0.2) is 0 Å². The van der Waals surface area contributed by atoms with E-state index in [2.05, 4.69) is 34.5 Å². The molecule has 0 aromatic heterocycles. The summed E-state index contributed by atoms with van der Waals surface area (Å²) in [6, 6.07) is 9.97. The number of methoxy groups -OCH3 is 1. The van der Waals surface area contributed by atoms with E-state index in [0.717, 1.165) is 30.9 Å². The van der Waals surface area contributed by atoms with E-state index in [4.69, 9.17) is 4.74 Å². The lowest BCUT2D eigenvalue weighted by Gasteiger charge is -2.38. The molecule has 1 aromatic carbocycles. The summed E-state index contributed by atoms with van der Waals surface area (Å²) in [7, 11) is 1.72. The molecule has 18 heavy (non-hydrogen) atoms. The van der Waals surface area contributed by atoms with Gasteiger partial charge in [-0.15, -0.1) is 0 Å². The van der Waals surface area contributed by atoms with Crippen molar-refractivity contribution in [2.24, 2.45) is 0 Å². The fourth-order valence-corrected chi connectivity index (χ4v) is 3.34. The van der Waals surface area contributed by atoms with Crippen LogP contribution in [0, 0.1) is 0 Å². The lowest BCUT2D eigenvalue weighted by atomic mass is 10.1. The fraction of sp³-hybridized carbons (Fsp3) is 0.600. The molecule has 98 valence electrons. The number of nitrogens with zero attached hydrogens (tertiary/aromatic N) is 1. The second kappa shape index (κ2) is 5.29. The smallest absolute Gasteiger partial charge is 0.118 e. The van der Waals surface area contributed by atoms with Gasteiger partial charge in [0.1, 0.15) is 5.75 Å². The van der Waals surface area contributed by atoms with Crippen molar-refractivity contribution >= 4 is 0 Å². The van der Waals surface area contributed by atoms with E-state index in [1.54, 1.807) is 7.11 Å². The molecule has 1 aliphatic heterocycles. The third-order valence-corrected chi connectivity index (χ3v) is 4.30. The first-order chi connectivity index (χ1) is 8.86. The molecule has 3 nitrogen and oxygen atoms in total. The van der Waals surface area contributed by atoms with Crippen molar-refractivity contribution in [3.05, 3.63) is 29.8 Å². The summed E-state index contributed by atoms with van der Waals surface area (Å²) in [4.78, 5) is 2.65. The predicted octanol–water partition coefficient (Wildman–Crippen LogP) is 2.02. The Kier molecular flexibility index (Phi) is 3.52. The molecular weight excluding hydrogens is 224 g/mol. The summed E-state index contributed by atoms with van der Waals surface area (Å²) in [6.45, 7) is 3.39. The molecule has 1 saturated heterocycles. The van der Waals surface area contributed by atoms with Crippen LogP contribution in [0.3, 0.4) is 0 Å². The molecule has 2 unspecified atom stereocenters. The molecule has 0 spiro atoms. The lowest BCUT2D eigenvalue weighted by molar-refractivity contribution is 0.129. The summed E-state index contributed by atoms with van der Waals surface area (Å²) in [6.07, 6.45) is 4.08. The average molecular weight is 246 g/mol. The van der Waals surface area contributed by atoms with Crippen LogP contribution in [0.1, 0.15) is 24.8 Å². The maximum atomic E-state index is 5.20. The standard InChI is InChI=1S/C15H22N2O/c1-18-13-7-5-12(6-8-13)11-17-10-9-16-14-3-2-4-15(14)17/h5-8,14-16H,2-4,9-11H2,1H3. The van der Waals surface area contributed by atoms with Crippen LogP contribution in [-0.2, 0) is 6.54 Å². The number of benzene rings is 1. The Balaban J connectivity index is 1.67. The Morgan fingerprint density at radius 3 is 2.89 bits per heavy atom. The largest absolute Gasteiger partial charge is 0.497 e. The highest BCUT2D eigenvalue weighted by molar-refractivity contribution is 5.27. The third kappa shape index (κ3) is 2.38. The van der Waals surface area contributed by atoms with E-state index in [1.807, 2.05) is 0 Å². The van der Waals surface area contributed by atoms with Gasteiger partial charge in [-0.1, -0.05) is 18.6 Å². The van der Waals surface area contributed by atoms with Gasteiger partial charge in [-0.2, -0.15) is 0 Å². The Hall–Kier alpha value is -1.06. The molecule has 1 N–H and O–H groups in total. The van der Waals surface area contributed by atoms with Crippen molar-refractivity contribution in [1.82, 2.24) is 10.2 Å². The van der Waals surface area contributed by atoms with Crippen LogP contribution < -0.4 is 10.1 Å². The predicted molar refractivity (Wildman–Crippen MR) is 72.8 cm³/mol. The Labute approximate surface area is 109 Å². The average Bonchev–Trinajstić information content (AvgIpc) is 2.89. The molecule has 3 rings (SSSR count). The summed E-state index contributed by atoms with van der Waals surface area (Å²) < 4.78 is 5.20. The van der Waals surface area contributed by atoms with Crippen LogP contribution in [0.15, 0.2) is 24.3 Å². The minimum atomic E-state index is 0.733. The van der Waals surface area contributed by atoms with Gasteiger partial charge in [-0.05, 0) is 30.5 Å². The van der Waals surface area contributed by atoms with Crippen LogP contribution in [0.4, 0.5) is 0 Å². The van der Waals surface area contributed by atoms with Gasteiger partial charge >= 0.3 is 0 Å². The van der Waals surface area contributed by atoms with E-state index in [1.165, 1.54) is 31.4 Å². The summed E-state index contributed by atoms with van der Waals surface area (Å²) in [5, 5.41) is 3.65. The molecule has 0 amide bonds. The van der Waals surface area contributed by atoms with Gasteiger partial charge in [0.05, 0.1) is 7.11 Å².